The molecule has 2 aliphatic rings. The number of nitrogens with zero attached hydrogens (tertiary/aromatic N) is 1. The van der Waals surface area contributed by atoms with Crippen molar-refractivity contribution in [2.75, 3.05) is 0 Å². The summed E-state index contributed by atoms with van der Waals surface area (Å²) in [5.41, 5.74) is 0.565. The average Bonchev–Trinajstić information content (AvgIpc) is 2.65. The number of aromatic amines is 1. The van der Waals surface area contributed by atoms with Crippen LogP contribution in [0.5, 0.6) is 0 Å². The number of nitrogens with one attached hydrogen (secondary N) is 1. The molecule has 2 unspecified atom stereocenters. The summed E-state index contributed by atoms with van der Waals surface area (Å²) in [5.74, 6) is -0.0713. The summed E-state index contributed by atoms with van der Waals surface area (Å²) in [6.07, 6.45) is -1.83. The van der Waals surface area contributed by atoms with E-state index in [9.17, 15) is 13.6 Å². The minimum absolute atomic E-state index is 0.0326. The molecule has 0 aromatic carbocycles. The maximum atomic E-state index is 12.4. The number of Topliss-reactive ketones (excluding diaryl/α,β-unsaturated/α-hetero) is 1. The van der Waals surface area contributed by atoms with Gasteiger partial charge in [0.25, 0.3) is 6.43 Å². The van der Waals surface area contributed by atoms with Crippen LogP contribution in [-0.4, -0.2) is 16.0 Å². The molecule has 3 nitrogen and oxygen atoms in total. The molecule has 0 spiro atoms. The van der Waals surface area contributed by atoms with Gasteiger partial charge in [0.15, 0.2) is 5.78 Å². The Morgan fingerprint density at radius 3 is 2.92 bits per heavy atom. The monoisotopic (exact) mass is 184 g/mol. The number of fused-ring (bicyclic) bond motifs is 3. The molecular formula is C8H6F2N2O. The molecule has 0 bridgehead atoms. The normalized spacial score (nSPS) is 29.3. The van der Waals surface area contributed by atoms with Crippen molar-refractivity contribution in [3.8, 4) is 0 Å². The van der Waals surface area contributed by atoms with E-state index >= 15 is 0 Å². The molecule has 1 N–H and O–H groups in total. The van der Waals surface area contributed by atoms with Crippen LogP contribution in [0.25, 0.3) is 0 Å². The van der Waals surface area contributed by atoms with Gasteiger partial charge in [-0.05, 0) is 12.3 Å². The van der Waals surface area contributed by atoms with Gasteiger partial charge in [-0.3, -0.25) is 9.89 Å². The molecule has 0 saturated heterocycles. The second-order valence-corrected chi connectivity index (χ2v) is 3.51. The topological polar surface area (TPSA) is 45.8 Å². The molecule has 3 rings (SSSR count). The van der Waals surface area contributed by atoms with Crippen LogP contribution in [0.2, 0.25) is 0 Å². The van der Waals surface area contributed by atoms with Crippen molar-refractivity contribution in [2.24, 2.45) is 5.92 Å². The van der Waals surface area contributed by atoms with Crippen molar-refractivity contribution in [1.29, 1.82) is 0 Å². The number of alkyl halides is 2. The molecule has 68 valence electrons. The molecule has 1 heterocycles. The van der Waals surface area contributed by atoms with Crippen LogP contribution in [-0.2, 0) is 0 Å². The Morgan fingerprint density at radius 2 is 2.23 bits per heavy atom. The Balaban J connectivity index is 2.18. The molecular weight excluding hydrogens is 178 g/mol. The van der Waals surface area contributed by atoms with Gasteiger partial charge in [0.2, 0.25) is 0 Å². The highest BCUT2D eigenvalue weighted by atomic mass is 19.3. The fourth-order valence-electron chi connectivity index (χ4n) is 2.07. The van der Waals surface area contributed by atoms with E-state index in [1.807, 2.05) is 0 Å². The van der Waals surface area contributed by atoms with Crippen molar-refractivity contribution in [3.05, 3.63) is 17.0 Å². The lowest BCUT2D eigenvalue weighted by atomic mass is 10.1. The van der Waals surface area contributed by atoms with Crippen molar-refractivity contribution in [1.82, 2.24) is 10.2 Å². The maximum absolute atomic E-state index is 12.4. The van der Waals surface area contributed by atoms with Gasteiger partial charge in [0, 0.05) is 11.5 Å². The highest BCUT2D eigenvalue weighted by Gasteiger charge is 2.55. The van der Waals surface area contributed by atoms with Gasteiger partial charge in [-0.25, -0.2) is 8.78 Å². The summed E-state index contributed by atoms with van der Waals surface area (Å²) in [6.45, 7) is 0. The third-order valence-electron chi connectivity index (χ3n) is 2.78. The molecule has 0 amide bonds. The van der Waals surface area contributed by atoms with Gasteiger partial charge < -0.3 is 0 Å². The van der Waals surface area contributed by atoms with Crippen molar-refractivity contribution in [3.63, 3.8) is 0 Å². The number of hydrogen-bond donors (Lipinski definition) is 1. The van der Waals surface area contributed by atoms with Crippen LogP contribution < -0.4 is 0 Å². The fourth-order valence-corrected chi connectivity index (χ4v) is 2.07. The lowest BCUT2D eigenvalue weighted by molar-refractivity contribution is 0.0969. The molecule has 1 aromatic rings. The third kappa shape index (κ3) is 0.721. The number of carbonyl (C=O) groups excluding carboxylic acids is 1. The Labute approximate surface area is 72.1 Å². The van der Waals surface area contributed by atoms with Crippen molar-refractivity contribution >= 4 is 5.78 Å². The lowest BCUT2D eigenvalue weighted by Gasteiger charge is -1.97. The smallest absolute Gasteiger partial charge is 0.280 e. The van der Waals surface area contributed by atoms with Crippen molar-refractivity contribution < 1.29 is 13.6 Å². The molecule has 0 radical (unpaired) electrons. The van der Waals surface area contributed by atoms with Crippen LogP contribution >= 0.6 is 0 Å². The molecule has 1 fully saturated rings. The summed E-state index contributed by atoms with van der Waals surface area (Å²) in [7, 11) is 0. The van der Waals surface area contributed by atoms with E-state index in [4.69, 9.17) is 0 Å². The fraction of sp³-hybridized carbons (Fsp3) is 0.500. The zero-order chi connectivity index (χ0) is 9.16. The van der Waals surface area contributed by atoms with Crippen LogP contribution in [0, 0.1) is 5.92 Å². The van der Waals surface area contributed by atoms with E-state index < -0.39 is 6.43 Å². The van der Waals surface area contributed by atoms with E-state index in [1.165, 1.54) is 0 Å². The lowest BCUT2D eigenvalue weighted by Crippen LogP contribution is -1.98. The number of hydrogen-bond acceptors (Lipinski definition) is 2. The first kappa shape index (κ1) is 7.17. The summed E-state index contributed by atoms with van der Waals surface area (Å²) < 4.78 is 24.8. The second-order valence-electron chi connectivity index (χ2n) is 3.51. The number of H-pyrrole nitrogens is 1. The van der Waals surface area contributed by atoms with E-state index in [0.717, 1.165) is 6.42 Å². The second kappa shape index (κ2) is 1.97. The first-order chi connectivity index (χ1) is 6.20. The standard InChI is InChI=1S/C8H6F2N2O/c9-8(10)6-4-2-1-3(2)7(13)5(4)11-12-6/h2-3,8H,1H2,(H,11,12). The van der Waals surface area contributed by atoms with E-state index in [-0.39, 0.29) is 29.0 Å². The van der Waals surface area contributed by atoms with Gasteiger partial charge >= 0.3 is 0 Å². The molecule has 5 heteroatoms. The molecule has 1 saturated carbocycles. The van der Waals surface area contributed by atoms with Gasteiger partial charge in [-0.2, -0.15) is 5.10 Å². The van der Waals surface area contributed by atoms with Crippen LogP contribution in [0.3, 0.4) is 0 Å². The van der Waals surface area contributed by atoms with E-state index in [2.05, 4.69) is 10.2 Å². The summed E-state index contributed by atoms with van der Waals surface area (Å²) in [4.78, 5) is 11.3. The van der Waals surface area contributed by atoms with Gasteiger partial charge in [0.1, 0.15) is 11.4 Å². The largest absolute Gasteiger partial charge is 0.292 e. The zero-order valence-electron chi connectivity index (χ0n) is 6.55. The molecule has 13 heavy (non-hydrogen) atoms. The van der Waals surface area contributed by atoms with Gasteiger partial charge in [0.05, 0.1) is 0 Å². The van der Waals surface area contributed by atoms with Gasteiger partial charge in [-0.15, -0.1) is 0 Å². The molecule has 1 aromatic heterocycles. The Hall–Kier alpha value is -1.26. The van der Waals surface area contributed by atoms with Crippen LogP contribution in [0.1, 0.15) is 40.5 Å². The van der Waals surface area contributed by atoms with Crippen LogP contribution in [0.4, 0.5) is 8.78 Å². The van der Waals surface area contributed by atoms with Crippen LogP contribution in [0.15, 0.2) is 0 Å². The number of rotatable bonds is 1. The summed E-state index contributed by atoms with van der Waals surface area (Å²) in [6, 6.07) is 0. The Bertz CT molecular complexity index is 399. The number of aromatic nitrogens is 2. The van der Waals surface area contributed by atoms with E-state index in [0.29, 0.717) is 5.56 Å². The Morgan fingerprint density at radius 1 is 1.46 bits per heavy atom. The zero-order valence-corrected chi connectivity index (χ0v) is 6.55. The highest BCUT2D eigenvalue weighted by molar-refractivity contribution is 6.04. The maximum Gasteiger partial charge on any atom is 0.280 e. The first-order valence-corrected chi connectivity index (χ1v) is 4.10. The SMILES string of the molecule is O=C1c2n[nH]c(C(F)F)c2C2CC12. The molecule has 2 atom stereocenters. The molecule has 0 aliphatic heterocycles. The number of halogens is 2. The summed E-state index contributed by atoms with van der Waals surface area (Å²) >= 11 is 0. The summed E-state index contributed by atoms with van der Waals surface area (Å²) in [5, 5.41) is 5.87. The predicted molar refractivity (Wildman–Crippen MR) is 38.7 cm³/mol. The number of ketones is 1. The molecule has 2 aliphatic carbocycles. The van der Waals surface area contributed by atoms with Gasteiger partial charge in [-0.1, -0.05) is 0 Å². The van der Waals surface area contributed by atoms with E-state index in [1.54, 1.807) is 0 Å². The average molecular weight is 184 g/mol. The predicted octanol–water partition coefficient (Wildman–Crippen LogP) is 1.65. The highest BCUT2D eigenvalue weighted by Crippen LogP contribution is 2.57. The number of carbonyl (C=O) groups is 1. The quantitative estimate of drug-likeness (QED) is 0.721. The van der Waals surface area contributed by atoms with Crippen molar-refractivity contribution in [2.45, 2.75) is 18.8 Å². The first-order valence-electron chi connectivity index (χ1n) is 4.10. The Kier molecular flexibility index (Phi) is 1.09. The minimum Gasteiger partial charge on any atom is -0.292 e. The minimum atomic E-state index is -2.55. The third-order valence-corrected chi connectivity index (χ3v) is 2.78.